The minimum atomic E-state index is -0.0810. The summed E-state index contributed by atoms with van der Waals surface area (Å²) in [4.78, 5) is 13.5. The van der Waals surface area contributed by atoms with Crippen LogP contribution in [0.5, 0.6) is 0 Å². The van der Waals surface area contributed by atoms with Crippen molar-refractivity contribution in [2.75, 3.05) is 11.9 Å². The average Bonchev–Trinajstić information content (AvgIpc) is 2.94. The number of carbonyl (C=O) groups is 1. The standard InChI is InChI=1S/C17H22N2O2S/c1-4-12-8-14(22-10-18)9-13(5-2)16(12)19-17(20)15-6-7-21-11(15)3/h8-9,11,15H,4-7H2,1-3H3,(H,19,20). The van der Waals surface area contributed by atoms with E-state index < -0.39 is 0 Å². The van der Waals surface area contributed by atoms with Crippen LogP contribution in [0, 0.1) is 16.6 Å². The highest BCUT2D eigenvalue weighted by Crippen LogP contribution is 2.31. The van der Waals surface area contributed by atoms with E-state index in [-0.39, 0.29) is 17.9 Å². The van der Waals surface area contributed by atoms with Crippen LogP contribution in [0.1, 0.15) is 38.3 Å². The van der Waals surface area contributed by atoms with Gasteiger partial charge < -0.3 is 10.1 Å². The lowest BCUT2D eigenvalue weighted by atomic mass is 9.99. The van der Waals surface area contributed by atoms with Crippen LogP contribution in [0.4, 0.5) is 5.69 Å². The minimum Gasteiger partial charge on any atom is -0.378 e. The molecule has 2 unspecified atom stereocenters. The summed E-state index contributed by atoms with van der Waals surface area (Å²) in [6, 6.07) is 3.99. The fourth-order valence-electron chi connectivity index (χ4n) is 2.86. The smallest absolute Gasteiger partial charge is 0.230 e. The predicted octanol–water partition coefficient (Wildman–Crippen LogP) is 3.75. The molecule has 1 heterocycles. The van der Waals surface area contributed by atoms with Crippen molar-refractivity contribution in [1.82, 2.24) is 0 Å². The summed E-state index contributed by atoms with van der Waals surface area (Å²) in [6.45, 7) is 6.72. The molecule has 0 bridgehead atoms. The molecular weight excluding hydrogens is 296 g/mol. The zero-order valence-electron chi connectivity index (χ0n) is 13.3. The zero-order valence-corrected chi connectivity index (χ0v) is 14.1. The highest BCUT2D eigenvalue weighted by atomic mass is 32.2. The third-order valence-electron chi connectivity index (χ3n) is 4.16. The number of hydrogen-bond donors (Lipinski definition) is 1. The van der Waals surface area contributed by atoms with Gasteiger partial charge in [-0.3, -0.25) is 4.79 Å². The number of ether oxygens (including phenoxy) is 1. The van der Waals surface area contributed by atoms with Gasteiger partial charge in [0.05, 0.1) is 12.0 Å². The van der Waals surface area contributed by atoms with Crippen molar-refractivity contribution in [3.05, 3.63) is 23.3 Å². The summed E-state index contributed by atoms with van der Waals surface area (Å²) in [6.07, 6.45) is 2.39. The van der Waals surface area contributed by atoms with Crippen molar-refractivity contribution in [3.63, 3.8) is 0 Å². The SMILES string of the molecule is CCc1cc(SC#N)cc(CC)c1NC(=O)C1CCOC1C. The van der Waals surface area contributed by atoms with E-state index >= 15 is 0 Å². The van der Waals surface area contributed by atoms with Crippen LogP contribution >= 0.6 is 11.8 Å². The second-order valence-corrected chi connectivity index (χ2v) is 6.34. The lowest BCUT2D eigenvalue weighted by molar-refractivity contribution is -0.121. The van der Waals surface area contributed by atoms with E-state index in [2.05, 4.69) is 24.6 Å². The first kappa shape index (κ1) is 16.9. The summed E-state index contributed by atoms with van der Waals surface area (Å²) in [5.74, 6) is -0.0438. The first-order valence-electron chi connectivity index (χ1n) is 7.74. The fourth-order valence-corrected chi connectivity index (χ4v) is 3.37. The zero-order chi connectivity index (χ0) is 16.1. The molecule has 2 atom stereocenters. The molecule has 2 rings (SSSR count). The first-order valence-corrected chi connectivity index (χ1v) is 8.56. The Labute approximate surface area is 136 Å². The monoisotopic (exact) mass is 318 g/mol. The van der Waals surface area contributed by atoms with Crippen LogP contribution in [0.2, 0.25) is 0 Å². The van der Waals surface area contributed by atoms with Gasteiger partial charge in [-0.05, 0) is 61.2 Å². The Morgan fingerprint density at radius 3 is 2.50 bits per heavy atom. The molecule has 5 heteroatoms. The quantitative estimate of drug-likeness (QED) is 0.663. The Balaban J connectivity index is 2.29. The van der Waals surface area contributed by atoms with Gasteiger partial charge in [-0.15, -0.1) is 0 Å². The van der Waals surface area contributed by atoms with Crippen LogP contribution in [0.3, 0.4) is 0 Å². The number of benzene rings is 1. The summed E-state index contributed by atoms with van der Waals surface area (Å²) < 4.78 is 5.49. The molecule has 1 saturated heterocycles. The maximum Gasteiger partial charge on any atom is 0.230 e. The van der Waals surface area contributed by atoms with Gasteiger partial charge in [-0.1, -0.05) is 13.8 Å². The Hall–Kier alpha value is -1.51. The van der Waals surface area contributed by atoms with Crippen LogP contribution in [-0.2, 0) is 22.4 Å². The highest BCUT2D eigenvalue weighted by Gasteiger charge is 2.31. The van der Waals surface area contributed by atoms with Crippen molar-refractivity contribution < 1.29 is 9.53 Å². The number of amides is 1. The number of thiocyanates is 1. The van der Waals surface area contributed by atoms with Crippen LogP contribution in [0.15, 0.2) is 17.0 Å². The van der Waals surface area contributed by atoms with Crippen molar-refractivity contribution in [1.29, 1.82) is 5.26 Å². The number of nitrogens with one attached hydrogen (secondary N) is 1. The van der Waals surface area contributed by atoms with Gasteiger partial charge in [0.25, 0.3) is 0 Å². The molecule has 1 aromatic rings. The first-order chi connectivity index (χ1) is 10.6. The minimum absolute atomic E-state index is 0.0245. The number of rotatable bonds is 5. The normalized spacial score (nSPS) is 20.6. The molecule has 118 valence electrons. The Bertz CT molecular complexity index is 570. The van der Waals surface area contributed by atoms with E-state index in [0.717, 1.165) is 52.7 Å². The summed E-state index contributed by atoms with van der Waals surface area (Å²) in [7, 11) is 0. The molecule has 0 aromatic heterocycles. The summed E-state index contributed by atoms with van der Waals surface area (Å²) >= 11 is 1.16. The highest BCUT2D eigenvalue weighted by molar-refractivity contribution is 8.03. The van der Waals surface area contributed by atoms with Gasteiger partial charge in [-0.2, -0.15) is 5.26 Å². The van der Waals surface area contributed by atoms with Gasteiger partial charge in [0.1, 0.15) is 5.40 Å². The van der Waals surface area contributed by atoms with E-state index in [1.54, 1.807) is 0 Å². The second-order valence-electron chi connectivity index (χ2n) is 5.48. The molecule has 1 aliphatic rings. The topological polar surface area (TPSA) is 62.1 Å². The molecular formula is C17H22N2O2S. The van der Waals surface area contributed by atoms with Gasteiger partial charge in [0.15, 0.2) is 0 Å². The maximum absolute atomic E-state index is 12.5. The van der Waals surface area contributed by atoms with Crippen LogP contribution in [0.25, 0.3) is 0 Å². The third-order valence-corrected chi connectivity index (χ3v) is 4.72. The number of anilines is 1. The van der Waals surface area contributed by atoms with E-state index in [1.165, 1.54) is 0 Å². The second kappa shape index (κ2) is 7.66. The van der Waals surface area contributed by atoms with Gasteiger partial charge in [0.2, 0.25) is 5.91 Å². The third kappa shape index (κ3) is 3.63. The van der Waals surface area contributed by atoms with E-state index in [1.807, 2.05) is 19.1 Å². The fraction of sp³-hybridized carbons (Fsp3) is 0.529. The Kier molecular flexibility index (Phi) is 5.87. The number of thioether (sulfide) groups is 1. The number of nitriles is 1. The van der Waals surface area contributed by atoms with Gasteiger partial charge in [-0.25, -0.2) is 0 Å². The Morgan fingerprint density at radius 1 is 1.41 bits per heavy atom. The largest absolute Gasteiger partial charge is 0.378 e. The molecule has 1 aliphatic heterocycles. The van der Waals surface area contributed by atoms with Crippen molar-refractivity contribution in [2.45, 2.75) is 51.0 Å². The number of nitrogens with zero attached hydrogens (tertiary/aromatic N) is 1. The van der Waals surface area contributed by atoms with Crippen molar-refractivity contribution in [3.8, 4) is 5.40 Å². The maximum atomic E-state index is 12.5. The van der Waals surface area contributed by atoms with Crippen LogP contribution in [-0.4, -0.2) is 18.6 Å². The molecule has 0 spiro atoms. The van der Waals surface area contributed by atoms with Crippen molar-refractivity contribution in [2.24, 2.45) is 5.92 Å². The molecule has 0 radical (unpaired) electrons. The number of carbonyl (C=O) groups excluding carboxylic acids is 1. The molecule has 4 nitrogen and oxygen atoms in total. The number of hydrogen-bond acceptors (Lipinski definition) is 4. The molecule has 0 aliphatic carbocycles. The Morgan fingerprint density at radius 2 is 2.05 bits per heavy atom. The molecule has 22 heavy (non-hydrogen) atoms. The van der Waals surface area contributed by atoms with E-state index in [0.29, 0.717) is 6.61 Å². The summed E-state index contributed by atoms with van der Waals surface area (Å²) in [5, 5.41) is 14.1. The molecule has 1 fully saturated rings. The molecule has 1 aromatic carbocycles. The molecule has 0 saturated carbocycles. The average molecular weight is 318 g/mol. The van der Waals surface area contributed by atoms with E-state index in [9.17, 15) is 4.79 Å². The van der Waals surface area contributed by atoms with Gasteiger partial charge >= 0.3 is 0 Å². The molecule has 1 N–H and O–H groups in total. The lowest BCUT2D eigenvalue weighted by Crippen LogP contribution is -2.28. The summed E-state index contributed by atoms with van der Waals surface area (Å²) in [5.41, 5.74) is 3.07. The number of aryl methyl sites for hydroxylation is 2. The lowest BCUT2D eigenvalue weighted by Gasteiger charge is -2.19. The molecule has 1 amide bonds. The predicted molar refractivity (Wildman–Crippen MR) is 88.8 cm³/mol. The van der Waals surface area contributed by atoms with Crippen LogP contribution < -0.4 is 5.32 Å². The van der Waals surface area contributed by atoms with Gasteiger partial charge in [0, 0.05) is 17.2 Å². The van der Waals surface area contributed by atoms with Crippen molar-refractivity contribution >= 4 is 23.4 Å². The van der Waals surface area contributed by atoms with E-state index in [4.69, 9.17) is 10.00 Å².